The van der Waals surface area contributed by atoms with Crippen molar-refractivity contribution in [1.82, 2.24) is 4.98 Å². The van der Waals surface area contributed by atoms with Crippen LogP contribution in [0.25, 0.3) is 0 Å². The highest BCUT2D eigenvalue weighted by molar-refractivity contribution is 14.1. The summed E-state index contributed by atoms with van der Waals surface area (Å²) in [5.74, 6) is 0. The van der Waals surface area contributed by atoms with Gasteiger partial charge < -0.3 is 4.98 Å². The standard InChI is InChI=1S/C6H3F3INO/c7-6(8,9)3-1-2-4(10)11-5(3)12/h1-2H,(H,11,12). The molecule has 0 amide bonds. The summed E-state index contributed by atoms with van der Waals surface area (Å²) in [5, 5.41) is 0. The number of alkyl halides is 3. The second-order valence-corrected chi connectivity index (χ2v) is 3.21. The van der Waals surface area contributed by atoms with Crippen LogP contribution in [0.4, 0.5) is 13.2 Å². The Morgan fingerprint density at radius 1 is 1.33 bits per heavy atom. The molecule has 0 bridgehead atoms. The highest BCUT2D eigenvalue weighted by atomic mass is 127. The number of nitrogens with one attached hydrogen (secondary N) is 1. The molecule has 1 heterocycles. The zero-order chi connectivity index (χ0) is 9.35. The zero-order valence-electron chi connectivity index (χ0n) is 5.57. The zero-order valence-corrected chi connectivity index (χ0v) is 7.73. The largest absolute Gasteiger partial charge is 0.421 e. The van der Waals surface area contributed by atoms with Gasteiger partial charge in [-0.1, -0.05) is 0 Å². The maximum atomic E-state index is 12.0. The van der Waals surface area contributed by atoms with Crippen molar-refractivity contribution in [3.63, 3.8) is 0 Å². The fraction of sp³-hybridized carbons (Fsp3) is 0.167. The number of rotatable bonds is 0. The van der Waals surface area contributed by atoms with Crippen molar-refractivity contribution in [1.29, 1.82) is 0 Å². The predicted octanol–water partition coefficient (Wildman–Crippen LogP) is 2.00. The lowest BCUT2D eigenvalue weighted by Gasteiger charge is -2.03. The highest BCUT2D eigenvalue weighted by Crippen LogP contribution is 2.25. The van der Waals surface area contributed by atoms with Crippen LogP contribution in [0.3, 0.4) is 0 Å². The second kappa shape index (κ2) is 3.08. The van der Waals surface area contributed by atoms with Gasteiger partial charge in [0.1, 0.15) is 5.56 Å². The van der Waals surface area contributed by atoms with Crippen molar-refractivity contribution < 1.29 is 13.2 Å². The van der Waals surface area contributed by atoms with Crippen LogP contribution in [0.15, 0.2) is 16.9 Å². The van der Waals surface area contributed by atoms with E-state index in [1.54, 1.807) is 22.6 Å². The third-order valence-electron chi connectivity index (χ3n) is 1.18. The molecule has 6 heteroatoms. The molecule has 2 nitrogen and oxygen atoms in total. The number of aromatic nitrogens is 1. The lowest BCUT2D eigenvalue weighted by molar-refractivity contribution is -0.138. The summed E-state index contributed by atoms with van der Waals surface area (Å²) in [6.45, 7) is 0. The quantitative estimate of drug-likeness (QED) is 0.575. The first kappa shape index (κ1) is 9.56. The molecule has 0 atom stereocenters. The van der Waals surface area contributed by atoms with Crippen molar-refractivity contribution in [3.8, 4) is 0 Å². The molecule has 0 aliphatic carbocycles. The summed E-state index contributed by atoms with van der Waals surface area (Å²) in [6, 6.07) is 1.96. The summed E-state index contributed by atoms with van der Waals surface area (Å²) < 4.78 is 36.3. The number of aromatic amines is 1. The Balaban J connectivity index is 3.29. The number of H-pyrrole nitrogens is 1. The summed E-state index contributed by atoms with van der Waals surface area (Å²) in [4.78, 5) is 12.8. The van der Waals surface area contributed by atoms with Gasteiger partial charge in [-0.15, -0.1) is 0 Å². The van der Waals surface area contributed by atoms with Crippen molar-refractivity contribution >= 4 is 22.6 Å². The third-order valence-corrected chi connectivity index (χ3v) is 1.81. The molecule has 0 unspecified atom stereocenters. The van der Waals surface area contributed by atoms with E-state index in [1.165, 1.54) is 6.07 Å². The van der Waals surface area contributed by atoms with Crippen LogP contribution in [-0.2, 0) is 6.18 Å². The molecular weight excluding hydrogens is 286 g/mol. The molecule has 0 aliphatic heterocycles. The summed E-state index contributed by atoms with van der Waals surface area (Å²) in [5.41, 5.74) is -2.27. The number of pyridine rings is 1. The maximum Gasteiger partial charge on any atom is 0.421 e. The van der Waals surface area contributed by atoms with Crippen LogP contribution in [0, 0.1) is 3.70 Å². The minimum Gasteiger partial charge on any atom is -0.317 e. The Bertz CT molecular complexity index is 343. The monoisotopic (exact) mass is 289 g/mol. The molecule has 0 saturated heterocycles. The third kappa shape index (κ3) is 1.99. The van der Waals surface area contributed by atoms with E-state index in [2.05, 4.69) is 4.98 Å². The molecule has 0 aromatic carbocycles. The van der Waals surface area contributed by atoms with E-state index >= 15 is 0 Å². The van der Waals surface area contributed by atoms with Crippen LogP contribution in [-0.4, -0.2) is 4.98 Å². The molecule has 66 valence electrons. The summed E-state index contributed by atoms with van der Waals surface area (Å²) >= 11 is 1.73. The first-order valence-corrected chi connectivity index (χ1v) is 3.95. The van der Waals surface area contributed by atoms with E-state index in [0.29, 0.717) is 3.70 Å². The van der Waals surface area contributed by atoms with Crippen molar-refractivity contribution in [2.24, 2.45) is 0 Å². The minimum absolute atomic E-state index is 0.380. The average Bonchev–Trinajstić information content (AvgIpc) is 1.83. The van der Waals surface area contributed by atoms with Gasteiger partial charge in [0.05, 0.1) is 3.70 Å². The fourth-order valence-corrected chi connectivity index (χ4v) is 1.10. The lowest BCUT2D eigenvalue weighted by atomic mass is 10.3. The van der Waals surface area contributed by atoms with Gasteiger partial charge in [0.2, 0.25) is 0 Å². The molecular formula is C6H3F3INO. The van der Waals surface area contributed by atoms with E-state index in [1.807, 2.05) is 0 Å². The smallest absolute Gasteiger partial charge is 0.317 e. The van der Waals surface area contributed by atoms with Crippen LogP contribution < -0.4 is 5.56 Å². The SMILES string of the molecule is O=c1[nH]c(I)ccc1C(F)(F)F. The summed E-state index contributed by atoms with van der Waals surface area (Å²) in [7, 11) is 0. The molecule has 0 spiro atoms. The number of hydrogen-bond acceptors (Lipinski definition) is 1. The van der Waals surface area contributed by atoms with E-state index < -0.39 is 17.3 Å². The van der Waals surface area contributed by atoms with Crippen LogP contribution in [0.2, 0.25) is 0 Å². The van der Waals surface area contributed by atoms with Gasteiger partial charge in [0.25, 0.3) is 5.56 Å². The predicted molar refractivity (Wildman–Crippen MR) is 44.8 cm³/mol. The Morgan fingerprint density at radius 2 is 1.92 bits per heavy atom. The molecule has 1 aromatic rings. The highest BCUT2D eigenvalue weighted by Gasteiger charge is 2.33. The Hall–Kier alpha value is -0.530. The summed E-state index contributed by atoms with van der Waals surface area (Å²) in [6.07, 6.45) is -4.57. The molecule has 1 rings (SSSR count). The van der Waals surface area contributed by atoms with Crippen LogP contribution in [0.1, 0.15) is 5.56 Å². The van der Waals surface area contributed by atoms with Crippen molar-refractivity contribution in [2.75, 3.05) is 0 Å². The van der Waals surface area contributed by atoms with E-state index in [0.717, 1.165) is 6.07 Å². The normalized spacial score (nSPS) is 11.7. The van der Waals surface area contributed by atoms with Gasteiger partial charge in [-0.3, -0.25) is 4.79 Å². The molecule has 12 heavy (non-hydrogen) atoms. The molecule has 1 N–H and O–H groups in total. The number of hydrogen-bond donors (Lipinski definition) is 1. The maximum absolute atomic E-state index is 12.0. The van der Waals surface area contributed by atoms with Crippen molar-refractivity contribution in [3.05, 3.63) is 31.8 Å². The van der Waals surface area contributed by atoms with E-state index in [4.69, 9.17) is 0 Å². The van der Waals surface area contributed by atoms with Gasteiger partial charge >= 0.3 is 6.18 Å². The average molecular weight is 289 g/mol. The fourth-order valence-electron chi connectivity index (χ4n) is 0.673. The van der Waals surface area contributed by atoms with Crippen molar-refractivity contribution in [2.45, 2.75) is 6.18 Å². The van der Waals surface area contributed by atoms with Gasteiger partial charge in [-0.25, -0.2) is 0 Å². The van der Waals surface area contributed by atoms with Crippen LogP contribution in [0.5, 0.6) is 0 Å². The molecule has 0 aliphatic rings. The van der Waals surface area contributed by atoms with E-state index in [-0.39, 0.29) is 0 Å². The first-order chi connectivity index (χ1) is 5.41. The van der Waals surface area contributed by atoms with E-state index in [9.17, 15) is 18.0 Å². The Labute approximate surface area is 78.9 Å². The molecule has 0 radical (unpaired) electrons. The Morgan fingerprint density at radius 3 is 2.33 bits per heavy atom. The molecule has 1 aromatic heterocycles. The van der Waals surface area contributed by atoms with Gasteiger partial charge in [0, 0.05) is 0 Å². The first-order valence-electron chi connectivity index (χ1n) is 2.87. The second-order valence-electron chi connectivity index (χ2n) is 2.05. The molecule has 0 fully saturated rings. The van der Waals surface area contributed by atoms with Crippen LogP contribution >= 0.6 is 22.6 Å². The van der Waals surface area contributed by atoms with Gasteiger partial charge in [-0.05, 0) is 34.7 Å². The minimum atomic E-state index is -4.57. The Kier molecular flexibility index (Phi) is 2.45. The van der Waals surface area contributed by atoms with Gasteiger partial charge in [-0.2, -0.15) is 13.2 Å². The van der Waals surface area contributed by atoms with Gasteiger partial charge in [0.15, 0.2) is 0 Å². The molecule has 0 saturated carbocycles. The topological polar surface area (TPSA) is 32.9 Å². The number of halogens is 4. The lowest BCUT2D eigenvalue weighted by Crippen LogP contribution is -2.21.